The van der Waals surface area contributed by atoms with E-state index in [1.807, 2.05) is 24.3 Å². The lowest BCUT2D eigenvalue weighted by molar-refractivity contribution is -0.136. The van der Waals surface area contributed by atoms with E-state index >= 15 is 0 Å². The molecular weight excluding hydrogens is 220 g/mol. The number of benzene rings is 1. The molecule has 0 aliphatic carbocycles. The minimum Gasteiger partial charge on any atom is -0.456 e. The third-order valence-corrected chi connectivity index (χ3v) is 2.61. The normalized spacial score (nSPS) is 9.12. The summed E-state index contributed by atoms with van der Waals surface area (Å²) in [6.07, 6.45) is 0. The predicted molar refractivity (Wildman–Crippen MR) is 66.4 cm³/mol. The Kier molecular flexibility index (Phi) is 5.52. The van der Waals surface area contributed by atoms with Crippen LogP contribution in [-0.2, 0) is 9.53 Å². The quantitative estimate of drug-likeness (QED) is 0.457. The van der Waals surface area contributed by atoms with Crippen LogP contribution in [0, 0.1) is 11.8 Å². The standard InChI is InChI=1S/C13H14O2S/c1-3-15-13(14)9-8-11-6-5-7-12(10-11)16-4-2/h5-7,10H,3-4H2,1-2H3. The lowest BCUT2D eigenvalue weighted by atomic mass is 10.2. The molecule has 2 nitrogen and oxygen atoms in total. The van der Waals surface area contributed by atoms with Crippen LogP contribution in [0.15, 0.2) is 29.2 Å². The van der Waals surface area contributed by atoms with Gasteiger partial charge in [0.2, 0.25) is 0 Å². The minimum atomic E-state index is -0.476. The SMILES string of the molecule is CCOC(=O)C#Cc1cccc(SCC)c1. The zero-order valence-corrected chi connectivity index (χ0v) is 10.3. The molecule has 0 amide bonds. The topological polar surface area (TPSA) is 26.3 Å². The first-order valence-corrected chi connectivity index (χ1v) is 6.16. The number of carbonyl (C=O) groups is 1. The second-order valence-electron chi connectivity index (χ2n) is 2.93. The van der Waals surface area contributed by atoms with Crippen molar-refractivity contribution in [3.05, 3.63) is 29.8 Å². The van der Waals surface area contributed by atoms with Gasteiger partial charge in [0.25, 0.3) is 0 Å². The highest BCUT2D eigenvalue weighted by molar-refractivity contribution is 7.99. The largest absolute Gasteiger partial charge is 0.456 e. The molecular formula is C13H14O2S. The number of rotatable bonds is 3. The Morgan fingerprint density at radius 1 is 1.44 bits per heavy atom. The van der Waals surface area contributed by atoms with Crippen LogP contribution in [0.25, 0.3) is 0 Å². The van der Waals surface area contributed by atoms with Gasteiger partial charge in [-0.25, -0.2) is 4.79 Å². The first kappa shape index (κ1) is 12.7. The van der Waals surface area contributed by atoms with Crippen molar-refractivity contribution in [2.45, 2.75) is 18.7 Å². The van der Waals surface area contributed by atoms with Crippen molar-refractivity contribution < 1.29 is 9.53 Å². The molecule has 0 aliphatic rings. The number of esters is 1. The molecule has 3 heteroatoms. The van der Waals surface area contributed by atoms with Gasteiger partial charge in [0.15, 0.2) is 0 Å². The molecule has 0 aliphatic heterocycles. The number of ether oxygens (including phenoxy) is 1. The fraction of sp³-hybridized carbons (Fsp3) is 0.308. The summed E-state index contributed by atoms with van der Waals surface area (Å²) in [6.45, 7) is 4.22. The number of carbonyl (C=O) groups excluding carboxylic acids is 1. The molecule has 0 radical (unpaired) electrons. The summed E-state index contributed by atoms with van der Waals surface area (Å²) in [4.78, 5) is 12.2. The summed E-state index contributed by atoms with van der Waals surface area (Å²) in [5.41, 5.74) is 0.839. The molecule has 0 atom stereocenters. The van der Waals surface area contributed by atoms with Crippen LogP contribution < -0.4 is 0 Å². The Morgan fingerprint density at radius 3 is 2.94 bits per heavy atom. The number of thioether (sulfide) groups is 1. The van der Waals surface area contributed by atoms with E-state index in [0.717, 1.165) is 16.2 Å². The van der Waals surface area contributed by atoms with E-state index in [4.69, 9.17) is 4.74 Å². The van der Waals surface area contributed by atoms with Gasteiger partial charge in [-0.3, -0.25) is 0 Å². The van der Waals surface area contributed by atoms with Crippen LogP contribution in [0.4, 0.5) is 0 Å². The third kappa shape index (κ3) is 4.41. The molecule has 1 aromatic carbocycles. The van der Waals surface area contributed by atoms with Gasteiger partial charge in [-0.1, -0.05) is 18.9 Å². The van der Waals surface area contributed by atoms with Crippen molar-refractivity contribution >= 4 is 17.7 Å². The maximum absolute atomic E-state index is 11.0. The van der Waals surface area contributed by atoms with Crippen molar-refractivity contribution in [1.29, 1.82) is 0 Å². The maximum Gasteiger partial charge on any atom is 0.384 e. The summed E-state index contributed by atoms with van der Waals surface area (Å²) < 4.78 is 4.72. The van der Waals surface area contributed by atoms with Crippen molar-refractivity contribution in [3.8, 4) is 11.8 Å². The van der Waals surface area contributed by atoms with Crippen LogP contribution in [0.2, 0.25) is 0 Å². The molecule has 16 heavy (non-hydrogen) atoms. The number of hydrogen-bond acceptors (Lipinski definition) is 3. The Balaban J connectivity index is 2.73. The Bertz CT molecular complexity index is 415. The van der Waals surface area contributed by atoms with E-state index in [2.05, 4.69) is 18.8 Å². The van der Waals surface area contributed by atoms with Crippen molar-refractivity contribution in [2.24, 2.45) is 0 Å². The summed E-state index contributed by atoms with van der Waals surface area (Å²) >= 11 is 1.75. The molecule has 0 saturated carbocycles. The van der Waals surface area contributed by atoms with Crippen molar-refractivity contribution in [3.63, 3.8) is 0 Å². The van der Waals surface area contributed by atoms with Gasteiger partial charge in [-0.15, -0.1) is 11.8 Å². The third-order valence-electron chi connectivity index (χ3n) is 1.73. The van der Waals surface area contributed by atoms with Crippen LogP contribution in [0.5, 0.6) is 0 Å². The lowest BCUT2D eigenvalue weighted by Crippen LogP contribution is -1.99. The zero-order valence-electron chi connectivity index (χ0n) is 9.45. The maximum atomic E-state index is 11.0. The van der Waals surface area contributed by atoms with E-state index in [9.17, 15) is 4.79 Å². The van der Waals surface area contributed by atoms with Gasteiger partial charge in [0.05, 0.1) is 6.61 Å². The molecule has 0 spiro atoms. The van der Waals surface area contributed by atoms with E-state index in [1.54, 1.807) is 18.7 Å². The highest BCUT2D eigenvalue weighted by Gasteiger charge is 1.95. The lowest BCUT2D eigenvalue weighted by Gasteiger charge is -1.98. The van der Waals surface area contributed by atoms with Gasteiger partial charge < -0.3 is 4.74 Å². The van der Waals surface area contributed by atoms with Crippen LogP contribution in [-0.4, -0.2) is 18.3 Å². The molecule has 1 aromatic rings. The van der Waals surface area contributed by atoms with Gasteiger partial charge in [-0.05, 0) is 30.9 Å². The molecule has 0 aromatic heterocycles. The fourth-order valence-electron chi connectivity index (χ4n) is 1.12. The summed E-state index contributed by atoms with van der Waals surface area (Å²) in [7, 11) is 0. The molecule has 84 valence electrons. The Morgan fingerprint density at radius 2 is 2.25 bits per heavy atom. The smallest absolute Gasteiger partial charge is 0.384 e. The van der Waals surface area contributed by atoms with Crippen molar-refractivity contribution in [1.82, 2.24) is 0 Å². The summed E-state index contributed by atoms with van der Waals surface area (Å²) in [6, 6.07) is 7.82. The molecule has 0 bridgehead atoms. The highest BCUT2D eigenvalue weighted by atomic mass is 32.2. The summed E-state index contributed by atoms with van der Waals surface area (Å²) in [5, 5.41) is 0. The monoisotopic (exact) mass is 234 g/mol. The van der Waals surface area contributed by atoms with E-state index in [1.165, 1.54) is 0 Å². The van der Waals surface area contributed by atoms with Crippen LogP contribution in [0.1, 0.15) is 19.4 Å². The molecule has 0 saturated heterocycles. The van der Waals surface area contributed by atoms with Gasteiger partial charge in [-0.2, -0.15) is 0 Å². The second kappa shape index (κ2) is 6.97. The van der Waals surface area contributed by atoms with E-state index in [0.29, 0.717) is 6.61 Å². The highest BCUT2D eigenvalue weighted by Crippen LogP contribution is 2.17. The Labute approximate surface area is 100 Å². The second-order valence-corrected chi connectivity index (χ2v) is 4.27. The molecule has 0 fully saturated rings. The van der Waals surface area contributed by atoms with E-state index < -0.39 is 5.97 Å². The predicted octanol–water partition coefficient (Wildman–Crippen LogP) is 2.71. The molecule has 0 unspecified atom stereocenters. The first-order chi connectivity index (χ1) is 7.76. The average Bonchev–Trinajstić information content (AvgIpc) is 2.28. The fourth-order valence-corrected chi connectivity index (χ4v) is 1.84. The van der Waals surface area contributed by atoms with Crippen LogP contribution in [0.3, 0.4) is 0 Å². The zero-order chi connectivity index (χ0) is 11.8. The van der Waals surface area contributed by atoms with Crippen LogP contribution >= 0.6 is 11.8 Å². The average molecular weight is 234 g/mol. The first-order valence-electron chi connectivity index (χ1n) is 5.18. The van der Waals surface area contributed by atoms with Gasteiger partial charge in [0.1, 0.15) is 0 Å². The van der Waals surface area contributed by atoms with Gasteiger partial charge >= 0.3 is 5.97 Å². The van der Waals surface area contributed by atoms with E-state index in [-0.39, 0.29) is 0 Å². The Hall–Kier alpha value is -1.40. The minimum absolute atomic E-state index is 0.360. The molecule has 1 rings (SSSR count). The summed E-state index contributed by atoms with van der Waals surface area (Å²) in [5.74, 6) is 5.79. The number of hydrogen-bond donors (Lipinski definition) is 0. The molecule has 0 heterocycles. The van der Waals surface area contributed by atoms with Gasteiger partial charge in [0, 0.05) is 16.4 Å². The van der Waals surface area contributed by atoms with Crippen molar-refractivity contribution in [2.75, 3.05) is 12.4 Å². The molecule has 0 N–H and O–H groups in total.